The number of hydrogen-bond acceptors (Lipinski definition) is 2. The normalized spacial score (nSPS) is 21.3. The predicted octanol–water partition coefficient (Wildman–Crippen LogP) is 6.83. The molecule has 0 saturated carbocycles. The standard InChI is InChI=1S/C23H40O2/c1-19(2)11-8-12-20(3)13-9-14-21(4)15-10-16-23(7)24-17-22(5,6)18-25-23/h10,13,15-16,19H,8-9,11-12,14,17-18H2,1-7H3/b16-10+,20-13-,21-15-. The van der Waals surface area contributed by atoms with Crippen LogP contribution in [0.5, 0.6) is 0 Å². The first kappa shape index (κ1) is 22.2. The molecule has 0 aromatic carbocycles. The smallest absolute Gasteiger partial charge is 0.185 e. The lowest BCUT2D eigenvalue weighted by molar-refractivity contribution is -0.262. The second-order valence-electron chi connectivity index (χ2n) is 9.00. The van der Waals surface area contributed by atoms with Crippen molar-refractivity contribution in [2.45, 2.75) is 86.4 Å². The molecule has 0 atom stereocenters. The van der Waals surface area contributed by atoms with Gasteiger partial charge in [-0.05, 0) is 58.4 Å². The van der Waals surface area contributed by atoms with Gasteiger partial charge in [0.1, 0.15) is 0 Å². The monoisotopic (exact) mass is 348 g/mol. The highest BCUT2D eigenvalue weighted by Gasteiger charge is 2.34. The van der Waals surface area contributed by atoms with Crippen LogP contribution in [0.1, 0.15) is 80.6 Å². The number of ether oxygens (including phenoxy) is 2. The van der Waals surface area contributed by atoms with Crippen LogP contribution >= 0.6 is 0 Å². The Hall–Kier alpha value is -0.860. The van der Waals surface area contributed by atoms with Crippen molar-refractivity contribution in [2.75, 3.05) is 13.2 Å². The molecule has 1 fully saturated rings. The second kappa shape index (κ2) is 10.3. The van der Waals surface area contributed by atoms with Gasteiger partial charge in [-0.2, -0.15) is 0 Å². The Bertz CT molecular complexity index is 470. The minimum atomic E-state index is -0.584. The minimum Gasteiger partial charge on any atom is -0.346 e. The van der Waals surface area contributed by atoms with Gasteiger partial charge in [0.2, 0.25) is 0 Å². The van der Waals surface area contributed by atoms with E-state index in [1.165, 1.54) is 30.4 Å². The lowest BCUT2D eigenvalue weighted by Gasteiger charge is -2.39. The molecule has 0 N–H and O–H groups in total. The maximum atomic E-state index is 5.88. The van der Waals surface area contributed by atoms with Crippen LogP contribution in [-0.4, -0.2) is 19.0 Å². The van der Waals surface area contributed by atoms with Crippen molar-refractivity contribution in [3.63, 3.8) is 0 Å². The van der Waals surface area contributed by atoms with E-state index in [0.717, 1.165) is 32.0 Å². The maximum Gasteiger partial charge on any atom is 0.185 e. The molecule has 0 bridgehead atoms. The molecule has 0 amide bonds. The van der Waals surface area contributed by atoms with Crippen LogP contribution in [0.3, 0.4) is 0 Å². The van der Waals surface area contributed by atoms with E-state index in [1.54, 1.807) is 0 Å². The predicted molar refractivity (Wildman–Crippen MR) is 109 cm³/mol. The van der Waals surface area contributed by atoms with Gasteiger partial charge in [0.05, 0.1) is 13.2 Å². The first-order valence-electron chi connectivity index (χ1n) is 9.90. The Balaban J connectivity index is 2.33. The van der Waals surface area contributed by atoms with Crippen LogP contribution in [0, 0.1) is 11.3 Å². The summed E-state index contributed by atoms with van der Waals surface area (Å²) in [5, 5.41) is 0. The van der Waals surface area contributed by atoms with Crippen molar-refractivity contribution in [2.24, 2.45) is 11.3 Å². The molecule has 2 heteroatoms. The van der Waals surface area contributed by atoms with Crippen LogP contribution in [0.15, 0.2) is 35.5 Å². The zero-order chi connectivity index (χ0) is 18.9. The molecule has 25 heavy (non-hydrogen) atoms. The van der Waals surface area contributed by atoms with Crippen LogP contribution in [0.25, 0.3) is 0 Å². The Labute approximate surface area is 156 Å². The highest BCUT2D eigenvalue weighted by molar-refractivity contribution is 5.14. The van der Waals surface area contributed by atoms with E-state index in [0.29, 0.717) is 0 Å². The van der Waals surface area contributed by atoms with Crippen LogP contribution in [0.2, 0.25) is 0 Å². The third-order valence-electron chi connectivity index (χ3n) is 4.66. The fraction of sp³-hybridized carbons (Fsp3) is 0.739. The molecule has 0 aliphatic carbocycles. The summed E-state index contributed by atoms with van der Waals surface area (Å²) in [4.78, 5) is 0. The molecule has 0 aromatic heterocycles. The molecular formula is C23H40O2. The number of hydrogen-bond donors (Lipinski definition) is 0. The van der Waals surface area contributed by atoms with Crippen molar-refractivity contribution < 1.29 is 9.47 Å². The van der Waals surface area contributed by atoms with Gasteiger partial charge < -0.3 is 9.47 Å². The SMILES string of the molecule is C/C(=C/C=C/C1(C)OCC(C)(C)CO1)CC/C=C(/C)CCCC(C)C. The van der Waals surface area contributed by atoms with Gasteiger partial charge in [-0.25, -0.2) is 0 Å². The minimum absolute atomic E-state index is 0.110. The highest BCUT2D eigenvalue weighted by Crippen LogP contribution is 2.29. The fourth-order valence-electron chi connectivity index (χ4n) is 2.76. The highest BCUT2D eigenvalue weighted by atomic mass is 16.7. The molecule has 2 nitrogen and oxygen atoms in total. The van der Waals surface area contributed by atoms with Gasteiger partial charge in [0, 0.05) is 5.41 Å². The Morgan fingerprint density at radius 1 is 1.00 bits per heavy atom. The van der Waals surface area contributed by atoms with Gasteiger partial charge in [-0.3, -0.25) is 0 Å². The van der Waals surface area contributed by atoms with Crippen molar-refractivity contribution in [1.29, 1.82) is 0 Å². The van der Waals surface area contributed by atoms with Gasteiger partial charge in [0.15, 0.2) is 5.79 Å². The fourth-order valence-corrected chi connectivity index (χ4v) is 2.76. The molecular weight excluding hydrogens is 308 g/mol. The molecule has 1 heterocycles. The Kier molecular flexibility index (Phi) is 9.16. The largest absolute Gasteiger partial charge is 0.346 e. The number of rotatable bonds is 9. The molecule has 144 valence electrons. The first-order valence-corrected chi connectivity index (χ1v) is 9.90. The van der Waals surface area contributed by atoms with Gasteiger partial charge in [-0.15, -0.1) is 0 Å². The van der Waals surface area contributed by atoms with E-state index in [1.807, 2.05) is 13.0 Å². The van der Waals surface area contributed by atoms with Crippen molar-refractivity contribution in [1.82, 2.24) is 0 Å². The van der Waals surface area contributed by atoms with Gasteiger partial charge in [-0.1, -0.05) is 63.5 Å². The summed E-state index contributed by atoms with van der Waals surface area (Å²) < 4.78 is 11.8. The van der Waals surface area contributed by atoms with E-state index in [-0.39, 0.29) is 5.41 Å². The van der Waals surface area contributed by atoms with E-state index in [9.17, 15) is 0 Å². The molecule has 0 unspecified atom stereocenters. The Morgan fingerprint density at radius 2 is 1.64 bits per heavy atom. The summed E-state index contributed by atoms with van der Waals surface area (Å²) in [5.41, 5.74) is 3.03. The van der Waals surface area contributed by atoms with Crippen molar-refractivity contribution in [3.05, 3.63) is 35.5 Å². The average molecular weight is 349 g/mol. The molecule has 1 rings (SSSR count). The Morgan fingerprint density at radius 3 is 2.24 bits per heavy atom. The summed E-state index contributed by atoms with van der Waals surface area (Å²) in [6.07, 6.45) is 14.8. The summed E-state index contributed by atoms with van der Waals surface area (Å²) in [6, 6.07) is 0. The van der Waals surface area contributed by atoms with E-state index in [2.05, 4.69) is 59.8 Å². The topological polar surface area (TPSA) is 18.5 Å². The third kappa shape index (κ3) is 10.0. The zero-order valence-electron chi connectivity index (χ0n) is 17.7. The van der Waals surface area contributed by atoms with Gasteiger partial charge in [0.25, 0.3) is 0 Å². The van der Waals surface area contributed by atoms with Crippen molar-refractivity contribution in [3.8, 4) is 0 Å². The van der Waals surface area contributed by atoms with E-state index >= 15 is 0 Å². The first-order chi connectivity index (χ1) is 11.6. The molecule has 0 radical (unpaired) electrons. The maximum absolute atomic E-state index is 5.88. The van der Waals surface area contributed by atoms with E-state index < -0.39 is 5.79 Å². The van der Waals surface area contributed by atoms with Crippen LogP contribution in [0.4, 0.5) is 0 Å². The molecule has 0 aromatic rings. The molecule has 0 spiro atoms. The molecule has 1 saturated heterocycles. The van der Waals surface area contributed by atoms with E-state index in [4.69, 9.17) is 9.47 Å². The molecule has 1 aliphatic heterocycles. The molecule has 1 aliphatic rings. The summed E-state index contributed by atoms with van der Waals surface area (Å²) in [6.45, 7) is 16.8. The third-order valence-corrected chi connectivity index (χ3v) is 4.66. The van der Waals surface area contributed by atoms with Crippen LogP contribution < -0.4 is 0 Å². The van der Waals surface area contributed by atoms with Gasteiger partial charge >= 0.3 is 0 Å². The zero-order valence-corrected chi connectivity index (χ0v) is 17.7. The lowest BCUT2D eigenvalue weighted by Crippen LogP contribution is -2.44. The summed E-state index contributed by atoms with van der Waals surface area (Å²) in [5.74, 6) is 0.231. The number of allylic oxidation sites excluding steroid dienone is 5. The lowest BCUT2D eigenvalue weighted by atomic mass is 9.95. The quantitative estimate of drug-likeness (QED) is 0.336. The summed E-state index contributed by atoms with van der Waals surface area (Å²) in [7, 11) is 0. The van der Waals surface area contributed by atoms with Crippen molar-refractivity contribution >= 4 is 0 Å². The van der Waals surface area contributed by atoms with Crippen LogP contribution in [-0.2, 0) is 9.47 Å². The average Bonchev–Trinajstić information content (AvgIpc) is 2.50. The summed E-state index contributed by atoms with van der Waals surface area (Å²) >= 11 is 0. The second-order valence-corrected chi connectivity index (χ2v) is 9.00.